The minimum absolute atomic E-state index is 0.266. The van der Waals surface area contributed by atoms with Gasteiger partial charge in [0.2, 0.25) is 10.0 Å². The number of rotatable bonds is 6. The molecule has 0 saturated carbocycles. The van der Waals surface area contributed by atoms with Crippen LogP contribution in [0.1, 0.15) is 13.8 Å². The molecule has 0 fully saturated rings. The molecule has 3 nitrogen and oxygen atoms in total. The summed E-state index contributed by atoms with van der Waals surface area (Å²) in [5.74, 6) is 0. The van der Waals surface area contributed by atoms with E-state index in [9.17, 15) is 8.42 Å². The van der Waals surface area contributed by atoms with Crippen molar-refractivity contribution in [1.29, 1.82) is 0 Å². The van der Waals surface area contributed by atoms with Gasteiger partial charge in [0.05, 0.1) is 4.90 Å². The van der Waals surface area contributed by atoms with Gasteiger partial charge in [-0.15, -0.1) is 0 Å². The average molecular weight is 354 g/mol. The Morgan fingerprint density at radius 3 is 2.09 bits per heavy atom. The van der Waals surface area contributed by atoms with Crippen LogP contribution in [-0.2, 0) is 10.0 Å². The second-order valence-corrected chi connectivity index (χ2v) is 9.65. The van der Waals surface area contributed by atoms with Crippen LogP contribution >= 0.6 is 24.4 Å². The van der Waals surface area contributed by atoms with Crippen molar-refractivity contribution in [3.63, 3.8) is 0 Å². The summed E-state index contributed by atoms with van der Waals surface area (Å²) in [4.78, 5) is 2.38. The highest BCUT2D eigenvalue weighted by Crippen LogP contribution is 2.28. The number of benzene rings is 2. The molecule has 0 spiro atoms. The Labute approximate surface area is 142 Å². The Bertz CT molecular complexity index is 705. The Morgan fingerprint density at radius 1 is 1.00 bits per heavy atom. The summed E-state index contributed by atoms with van der Waals surface area (Å²) in [6.07, 6.45) is 0. The Kier molecular flexibility index (Phi) is 5.60. The lowest BCUT2D eigenvalue weighted by Gasteiger charge is -2.17. The van der Waals surface area contributed by atoms with Crippen LogP contribution in [-0.4, -0.2) is 19.7 Å². The van der Waals surface area contributed by atoms with Crippen LogP contribution in [0.4, 0.5) is 0 Å². The van der Waals surface area contributed by atoms with E-state index in [1.54, 1.807) is 23.9 Å². The minimum atomic E-state index is -3.49. The molecule has 6 heteroatoms. The minimum Gasteiger partial charge on any atom is -0.210 e. The third kappa shape index (κ3) is 5.35. The fraction of sp³-hybridized carbons (Fsp3) is 0.250. The van der Waals surface area contributed by atoms with Crippen LogP contribution in [0.2, 0.25) is 0 Å². The maximum absolute atomic E-state index is 12.2. The number of hydrogen-bond donors (Lipinski definition) is 2. The Morgan fingerprint density at radius 2 is 1.55 bits per heavy atom. The zero-order valence-corrected chi connectivity index (χ0v) is 15.0. The first-order valence-corrected chi connectivity index (χ1v) is 9.56. The number of sulfonamides is 1. The van der Waals surface area contributed by atoms with Gasteiger partial charge >= 0.3 is 0 Å². The summed E-state index contributed by atoms with van der Waals surface area (Å²) in [5.41, 5.74) is 0. The first-order chi connectivity index (χ1) is 10.3. The molecule has 0 heterocycles. The molecule has 0 aromatic heterocycles. The fourth-order valence-corrected chi connectivity index (χ4v) is 3.90. The van der Waals surface area contributed by atoms with Gasteiger partial charge in [0.15, 0.2) is 0 Å². The van der Waals surface area contributed by atoms with Crippen molar-refractivity contribution in [3.8, 4) is 0 Å². The molecule has 0 radical (unpaired) electrons. The first-order valence-electron chi connectivity index (χ1n) is 6.81. The molecule has 22 heavy (non-hydrogen) atoms. The summed E-state index contributed by atoms with van der Waals surface area (Å²) >= 11 is 5.92. The van der Waals surface area contributed by atoms with E-state index in [2.05, 4.69) is 17.4 Å². The second-order valence-electron chi connectivity index (χ2n) is 5.52. The molecule has 0 aliphatic rings. The summed E-state index contributed by atoms with van der Waals surface area (Å²) in [5, 5.41) is 0. The van der Waals surface area contributed by atoms with Crippen molar-refractivity contribution in [3.05, 3.63) is 54.6 Å². The molecule has 0 saturated heterocycles. The molecular formula is C16H19NO2S3. The smallest absolute Gasteiger partial charge is 0.210 e. The third-order valence-electron chi connectivity index (χ3n) is 2.81. The molecule has 118 valence electrons. The average Bonchev–Trinajstić information content (AvgIpc) is 2.46. The molecule has 0 amide bonds. The highest BCUT2D eigenvalue weighted by molar-refractivity contribution is 7.99. The Hall–Kier alpha value is -0.950. The van der Waals surface area contributed by atoms with Gasteiger partial charge in [-0.05, 0) is 50.2 Å². The maximum atomic E-state index is 12.2. The van der Waals surface area contributed by atoms with Crippen LogP contribution in [0.25, 0.3) is 0 Å². The maximum Gasteiger partial charge on any atom is 0.240 e. The van der Waals surface area contributed by atoms with Crippen molar-refractivity contribution in [2.24, 2.45) is 0 Å². The highest BCUT2D eigenvalue weighted by atomic mass is 32.2. The molecule has 0 aliphatic carbocycles. The van der Waals surface area contributed by atoms with E-state index >= 15 is 0 Å². The second kappa shape index (κ2) is 7.08. The lowest BCUT2D eigenvalue weighted by molar-refractivity contribution is 0.571. The molecular weight excluding hydrogens is 334 g/mol. The van der Waals surface area contributed by atoms with E-state index in [-0.39, 0.29) is 11.4 Å². The van der Waals surface area contributed by atoms with E-state index in [0.29, 0.717) is 0 Å². The number of nitrogens with one attached hydrogen (secondary N) is 1. The lowest BCUT2D eigenvalue weighted by Crippen LogP contribution is -2.34. The van der Waals surface area contributed by atoms with Gasteiger partial charge in [0, 0.05) is 21.1 Å². The standard InChI is InChI=1S/C16H19NO2S3/c1-16(2,20)12-17-22(18,19)15-10-8-14(9-11-15)21-13-6-4-3-5-7-13/h3-11,17,20H,12H2,1-2H3. The SMILES string of the molecule is CC(C)(S)CNS(=O)(=O)c1ccc(Sc2ccccc2)cc1. The van der Waals surface area contributed by atoms with Crippen LogP contribution in [0.3, 0.4) is 0 Å². The van der Waals surface area contributed by atoms with Gasteiger partial charge in [-0.25, -0.2) is 13.1 Å². The van der Waals surface area contributed by atoms with Crippen LogP contribution < -0.4 is 4.72 Å². The molecule has 0 aliphatic heterocycles. The normalized spacial score (nSPS) is 12.3. The molecule has 0 unspecified atom stereocenters. The predicted molar refractivity (Wildman–Crippen MR) is 95.3 cm³/mol. The summed E-state index contributed by atoms with van der Waals surface area (Å²) in [7, 11) is -3.49. The van der Waals surface area contributed by atoms with E-state index in [1.165, 1.54) is 0 Å². The molecule has 0 bridgehead atoms. The quantitative estimate of drug-likeness (QED) is 0.776. The molecule has 2 aromatic carbocycles. The number of thiol groups is 1. The third-order valence-corrected chi connectivity index (χ3v) is 5.40. The monoisotopic (exact) mass is 353 g/mol. The van der Waals surface area contributed by atoms with Gasteiger partial charge < -0.3 is 0 Å². The van der Waals surface area contributed by atoms with Crippen LogP contribution in [0, 0.1) is 0 Å². The number of hydrogen-bond acceptors (Lipinski definition) is 4. The van der Waals surface area contributed by atoms with E-state index in [0.717, 1.165) is 9.79 Å². The molecule has 1 N–H and O–H groups in total. The van der Waals surface area contributed by atoms with Crippen molar-refractivity contribution < 1.29 is 8.42 Å². The van der Waals surface area contributed by atoms with E-state index < -0.39 is 14.8 Å². The Balaban J connectivity index is 2.08. The lowest BCUT2D eigenvalue weighted by atomic mass is 10.2. The topological polar surface area (TPSA) is 46.2 Å². The molecule has 0 atom stereocenters. The highest BCUT2D eigenvalue weighted by Gasteiger charge is 2.18. The van der Waals surface area contributed by atoms with Gasteiger partial charge in [0.25, 0.3) is 0 Å². The van der Waals surface area contributed by atoms with Gasteiger partial charge in [-0.1, -0.05) is 30.0 Å². The molecule has 2 rings (SSSR count). The largest absolute Gasteiger partial charge is 0.240 e. The summed E-state index contributed by atoms with van der Waals surface area (Å²) < 4.78 is 26.6. The van der Waals surface area contributed by atoms with Gasteiger partial charge in [-0.2, -0.15) is 12.6 Å². The van der Waals surface area contributed by atoms with Crippen molar-refractivity contribution in [2.75, 3.05) is 6.54 Å². The van der Waals surface area contributed by atoms with Gasteiger partial charge in [0.1, 0.15) is 0 Å². The van der Waals surface area contributed by atoms with Crippen molar-refractivity contribution in [1.82, 2.24) is 4.72 Å². The van der Waals surface area contributed by atoms with Crippen molar-refractivity contribution in [2.45, 2.75) is 33.3 Å². The zero-order valence-electron chi connectivity index (χ0n) is 12.5. The first kappa shape index (κ1) is 17.4. The van der Waals surface area contributed by atoms with E-state index in [4.69, 9.17) is 0 Å². The summed E-state index contributed by atoms with van der Waals surface area (Å²) in [6.45, 7) is 4.00. The summed E-state index contributed by atoms with van der Waals surface area (Å²) in [6, 6.07) is 16.8. The van der Waals surface area contributed by atoms with Crippen molar-refractivity contribution >= 4 is 34.4 Å². The van der Waals surface area contributed by atoms with Crippen LogP contribution in [0.15, 0.2) is 69.3 Å². The van der Waals surface area contributed by atoms with Crippen LogP contribution in [0.5, 0.6) is 0 Å². The fourth-order valence-electron chi connectivity index (χ4n) is 1.67. The predicted octanol–water partition coefficient (Wildman–Crippen LogP) is 3.82. The molecule has 2 aromatic rings. The van der Waals surface area contributed by atoms with Gasteiger partial charge in [-0.3, -0.25) is 0 Å². The zero-order chi connectivity index (χ0) is 16.2. The van der Waals surface area contributed by atoms with E-state index in [1.807, 2.05) is 56.3 Å².